The molecule has 2 aromatic heterocycles. The fourth-order valence-electron chi connectivity index (χ4n) is 8.12. The molecule has 0 radical (unpaired) electrons. The molecule has 0 bridgehead atoms. The lowest BCUT2D eigenvalue weighted by Crippen LogP contribution is -2.51. The minimum atomic E-state index is -0.690. The number of carbonyl (C=O) groups is 3. The second-order valence-corrected chi connectivity index (χ2v) is 15.8. The van der Waals surface area contributed by atoms with Crippen molar-refractivity contribution in [3.05, 3.63) is 65.9 Å². The summed E-state index contributed by atoms with van der Waals surface area (Å²) in [6, 6.07) is 13.6. The SMILES string of the molecule is COC(=O)NC(C(=O)N1CCC[C@H]1c1ncc(-c2ccc3c(c2)COc2c-3ccc3c2ccc2[nH]c([C@@H]4CCCN4C(=O)OC(C)(C)C)nc23)[nH]1)C(C)C. The first-order valence-electron chi connectivity index (χ1n) is 18.8. The molecule has 3 N–H and O–H groups in total. The second-order valence-electron chi connectivity index (χ2n) is 15.8. The number of nitrogens with one attached hydrogen (secondary N) is 3. The Kier molecular flexibility index (Phi) is 8.98. The normalized spacial score (nSPS) is 18.8. The lowest BCUT2D eigenvalue weighted by atomic mass is 9.92. The number of nitrogens with zero attached hydrogens (tertiary/aromatic N) is 4. The number of hydrogen-bond acceptors (Lipinski definition) is 8. The molecule has 5 heterocycles. The van der Waals surface area contributed by atoms with Crippen LogP contribution in [0.5, 0.6) is 5.75 Å². The number of alkyl carbamates (subject to hydrolysis) is 1. The van der Waals surface area contributed by atoms with Gasteiger partial charge in [0.15, 0.2) is 0 Å². The topological polar surface area (TPSA) is 155 Å². The number of fused-ring (bicyclic) bond motifs is 7. The highest BCUT2D eigenvalue weighted by Crippen LogP contribution is 2.45. The van der Waals surface area contributed by atoms with E-state index in [2.05, 4.69) is 51.7 Å². The Hall–Kier alpha value is -5.59. The monoisotopic (exact) mass is 733 g/mol. The average molecular weight is 734 g/mol. The third-order valence-corrected chi connectivity index (χ3v) is 10.7. The zero-order valence-electron chi connectivity index (χ0n) is 31.6. The van der Waals surface area contributed by atoms with Gasteiger partial charge >= 0.3 is 12.2 Å². The minimum Gasteiger partial charge on any atom is -0.488 e. The molecule has 0 saturated carbocycles. The summed E-state index contributed by atoms with van der Waals surface area (Å²) in [4.78, 5) is 59.0. The molecular weight excluding hydrogens is 686 g/mol. The molecule has 3 aliphatic rings. The van der Waals surface area contributed by atoms with Crippen LogP contribution in [0.2, 0.25) is 0 Å². The first-order chi connectivity index (χ1) is 25.9. The summed E-state index contributed by atoms with van der Waals surface area (Å²) >= 11 is 0. The van der Waals surface area contributed by atoms with Gasteiger partial charge < -0.3 is 34.4 Å². The van der Waals surface area contributed by atoms with Crippen molar-refractivity contribution in [1.82, 2.24) is 35.1 Å². The number of ether oxygens (including phenoxy) is 3. The standard InChI is InChI=1S/C41H47N7O6/c1-22(2)33(46-39(50)52-6)38(49)47-17-7-9-31(47)36-42-20-30(44-36)23-11-12-25-24(19-23)21-53-35-27(25)14-13-26-28(35)15-16-29-34(26)45-37(43-29)32-10-8-18-48(32)40(51)54-41(3,4)5/h11-16,19-20,22,31-33H,7-10,17-18,21H2,1-6H3,(H,42,44)(H,43,45)(H,46,50)/t31-,32-,33?/m0/s1. The van der Waals surface area contributed by atoms with Gasteiger partial charge in [0, 0.05) is 29.4 Å². The van der Waals surface area contributed by atoms with Crippen molar-refractivity contribution in [1.29, 1.82) is 0 Å². The van der Waals surface area contributed by atoms with E-state index in [0.717, 1.165) is 92.8 Å². The van der Waals surface area contributed by atoms with Gasteiger partial charge in [-0.05, 0) is 93.3 Å². The van der Waals surface area contributed by atoms with Crippen molar-refractivity contribution < 1.29 is 28.6 Å². The van der Waals surface area contributed by atoms with E-state index in [1.807, 2.05) is 51.8 Å². The van der Waals surface area contributed by atoms with Gasteiger partial charge in [0.05, 0.1) is 42.1 Å². The van der Waals surface area contributed by atoms with Crippen LogP contribution in [-0.4, -0.2) is 79.7 Å². The fraction of sp³-hybridized carbons (Fsp3) is 0.439. The third-order valence-electron chi connectivity index (χ3n) is 10.7. The Morgan fingerprint density at radius 2 is 1.65 bits per heavy atom. The summed E-state index contributed by atoms with van der Waals surface area (Å²) < 4.78 is 17.0. The number of rotatable bonds is 6. The van der Waals surface area contributed by atoms with E-state index in [9.17, 15) is 14.4 Å². The number of benzene rings is 3. The van der Waals surface area contributed by atoms with Crippen LogP contribution in [0.15, 0.2) is 48.7 Å². The maximum atomic E-state index is 13.6. The van der Waals surface area contributed by atoms with Crippen LogP contribution < -0.4 is 10.1 Å². The summed E-state index contributed by atoms with van der Waals surface area (Å²) in [5.74, 6) is 2.07. The van der Waals surface area contributed by atoms with Crippen molar-refractivity contribution in [2.75, 3.05) is 20.2 Å². The molecule has 282 valence electrons. The van der Waals surface area contributed by atoms with Gasteiger partial charge in [-0.1, -0.05) is 32.0 Å². The van der Waals surface area contributed by atoms with Crippen LogP contribution in [0, 0.1) is 5.92 Å². The zero-order valence-corrected chi connectivity index (χ0v) is 31.6. The Labute approximate surface area is 313 Å². The van der Waals surface area contributed by atoms with Gasteiger partial charge in [-0.3, -0.25) is 9.69 Å². The predicted molar refractivity (Wildman–Crippen MR) is 204 cm³/mol. The number of methoxy groups -OCH3 is 1. The first kappa shape index (κ1) is 35.4. The van der Waals surface area contributed by atoms with Crippen LogP contribution in [-0.2, 0) is 20.9 Å². The molecule has 8 rings (SSSR count). The molecule has 1 unspecified atom stereocenters. The summed E-state index contributed by atoms with van der Waals surface area (Å²) in [5.41, 5.74) is 6.21. The van der Waals surface area contributed by atoms with E-state index >= 15 is 0 Å². The Morgan fingerprint density at radius 3 is 2.39 bits per heavy atom. The number of carbonyl (C=O) groups excluding carboxylic acids is 3. The van der Waals surface area contributed by atoms with Gasteiger partial charge in [0.25, 0.3) is 0 Å². The molecule has 2 saturated heterocycles. The minimum absolute atomic E-state index is 0.106. The maximum absolute atomic E-state index is 13.6. The summed E-state index contributed by atoms with van der Waals surface area (Å²) in [7, 11) is 1.29. The predicted octanol–water partition coefficient (Wildman–Crippen LogP) is 7.78. The summed E-state index contributed by atoms with van der Waals surface area (Å²) in [6.07, 6.45) is 4.22. The largest absolute Gasteiger partial charge is 0.488 e. The number of aromatic nitrogens is 4. The van der Waals surface area contributed by atoms with Gasteiger partial charge in [-0.2, -0.15) is 0 Å². The molecule has 13 heteroatoms. The van der Waals surface area contributed by atoms with Gasteiger partial charge in [0.2, 0.25) is 5.91 Å². The summed E-state index contributed by atoms with van der Waals surface area (Å²) in [6.45, 7) is 11.1. The fourth-order valence-corrected chi connectivity index (χ4v) is 8.12. The van der Waals surface area contributed by atoms with Gasteiger partial charge in [-0.25, -0.2) is 19.6 Å². The molecule has 0 spiro atoms. The summed E-state index contributed by atoms with van der Waals surface area (Å²) in [5, 5.41) is 4.68. The number of H-pyrrole nitrogens is 2. The average Bonchev–Trinajstić information content (AvgIpc) is 3.97. The number of amides is 3. The number of imidazole rings is 2. The van der Waals surface area contributed by atoms with Crippen molar-refractivity contribution in [2.24, 2.45) is 5.92 Å². The highest BCUT2D eigenvalue weighted by molar-refractivity contribution is 6.09. The van der Waals surface area contributed by atoms with Crippen molar-refractivity contribution in [2.45, 2.75) is 90.6 Å². The molecule has 54 heavy (non-hydrogen) atoms. The van der Waals surface area contributed by atoms with Gasteiger partial charge in [-0.15, -0.1) is 0 Å². The van der Waals surface area contributed by atoms with E-state index in [1.54, 1.807) is 4.90 Å². The number of likely N-dealkylation sites (tertiary alicyclic amines) is 2. The lowest BCUT2D eigenvalue weighted by molar-refractivity contribution is -0.135. The van der Waals surface area contributed by atoms with E-state index in [0.29, 0.717) is 19.7 Å². The molecule has 3 atom stereocenters. The van der Waals surface area contributed by atoms with Crippen molar-refractivity contribution >= 4 is 39.9 Å². The number of aromatic amines is 2. The Bertz CT molecular complexity index is 2270. The van der Waals surface area contributed by atoms with E-state index in [1.165, 1.54) is 7.11 Å². The zero-order chi connectivity index (χ0) is 37.9. The molecule has 13 nitrogen and oxygen atoms in total. The smallest absolute Gasteiger partial charge is 0.410 e. The highest BCUT2D eigenvalue weighted by Gasteiger charge is 2.38. The van der Waals surface area contributed by atoms with Crippen LogP contribution in [0.3, 0.4) is 0 Å². The van der Waals surface area contributed by atoms with Crippen LogP contribution in [0.25, 0.3) is 44.2 Å². The van der Waals surface area contributed by atoms with Crippen LogP contribution in [0.1, 0.15) is 89.6 Å². The molecule has 3 aromatic carbocycles. The highest BCUT2D eigenvalue weighted by atomic mass is 16.6. The quantitative estimate of drug-likeness (QED) is 0.160. The van der Waals surface area contributed by atoms with E-state index in [-0.39, 0.29) is 30.0 Å². The molecule has 3 aliphatic heterocycles. The Balaban J connectivity index is 1.04. The first-order valence-corrected chi connectivity index (χ1v) is 18.8. The molecule has 3 amide bonds. The van der Waals surface area contributed by atoms with Crippen molar-refractivity contribution in [3.63, 3.8) is 0 Å². The maximum Gasteiger partial charge on any atom is 0.410 e. The van der Waals surface area contributed by atoms with E-state index in [4.69, 9.17) is 24.2 Å². The van der Waals surface area contributed by atoms with Gasteiger partial charge in [0.1, 0.15) is 35.6 Å². The molecular formula is C41H47N7O6. The van der Waals surface area contributed by atoms with Crippen LogP contribution in [0.4, 0.5) is 9.59 Å². The third kappa shape index (κ3) is 6.39. The lowest BCUT2D eigenvalue weighted by Gasteiger charge is -2.30. The van der Waals surface area contributed by atoms with Crippen molar-refractivity contribution in [3.8, 4) is 28.1 Å². The second kappa shape index (κ2) is 13.7. The van der Waals surface area contributed by atoms with E-state index < -0.39 is 17.7 Å². The Morgan fingerprint density at radius 1 is 0.926 bits per heavy atom. The number of hydrogen-bond donors (Lipinski definition) is 3. The molecule has 0 aliphatic carbocycles. The molecule has 2 fully saturated rings. The molecule has 5 aromatic rings. The van der Waals surface area contributed by atoms with Crippen LogP contribution >= 0.6 is 0 Å².